The molecule has 4 nitrogen and oxygen atoms in total. The van der Waals surface area contributed by atoms with Crippen LogP contribution in [-0.4, -0.2) is 17.9 Å². The number of Topliss-reactive ketones (excluding diaryl/α,β-unsaturated/α-hetero) is 1. The molecule has 1 aromatic heterocycles. The van der Waals surface area contributed by atoms with Crippen LogP contribution in [0.2, 0.25) is 0 Å². The van der Waals surface area contributed by atoms with Gasteiger partial charge in [0.2, 0.25) is 0 Å². The van der Waals surface area contributed by atoms with E-state index in [1.54, 1.807) is 30.0 Å². The van der Waals surface area contributed by atoms with E-state index in [1.165, 1.54) is 12.1 Å². The number of aryl methyl sites for hydroxylation is 1. The Morgan fingerprint density at radius 1 is 1.20 bits per heavy atom. The number of benzene rings is 1. The van der Waals surface area contributed by atoms with Crippen molar-refractivity contribution in [1.82, 2.24) is 5.32 Å². The number of hydrogen-bond acceptors (Lipinski definition) is 5. The predicted octanol–water partition coefficient (Wildman–Crippen LogP) is 7.04. The van der Waals surface area contributed by atoms with E-state index in [2.05, 4.69) is 10.6 Å². The largest absolute Gasteiger partial charge is 0.416 e. The zero-order valence-corrected chi connectivity index (χ0v) is 21.8. The minimum atomic E-state index is -4.52. The Balaban J connectivity index is 1.81. The van der Waals surface area contributed by atoms with Crippen LogP contribution < -0.4 is 10.6 Å². The average molecular weight is 521 g/mol. The fraction of sp³-hybridized carbons (Fsp3) is 0.385. The Morgan fingerprint density at radius 2 is 1.91 bits per heavy atom. The lowest BCUT2D eigenvalue weighted by Crippen LogP contribution is -2.39. The summed E-state index contributed by atoms with van der Waals surface area (Å²) in [5.74, 6) is -1.13. The number of nitrogens with one attached hydrogen (secondary N) is 2. The molecule has 35 heavy (non-hydrogen) atoms. The van der Waals surface area contributed by atoms with Gasteiger partial charge in [-0.2, -0.15) is 13.2 Å². The number of rotatable bonds is 4. The van der Waals surface area contributed by atoms with Crippen molar-refractivity contribution in [1.29, 1.82) is 0 Å². The molecule has 2 aliphatic rings. The number of allylic oxidation sites excluding steroid dienone is 3. The van der Waals surface area contributed by atoms with Crippen LogP contribution >= 0.6 is 23.1 Å². The number of hydrogen-bond donors (Lipinski definition) is 2. The van der Waals surface area contributed by atoms with Crippen LogP contribution in [0.5, 0.6) is 0 Å². The third kappa shape index (κ3) is 5.07. The van der Waals surface area contributed by atoms with Gasteiger partial charge in [-0.3, -0.25) is 9.59 Å². The van der Waals surface area contributed by atoms with Crippen molar-refractivity contribution < 1.29 is 22.8 Å². The summed E-state index contributed by atoms with van der Waals surface area (Å²) in [6, 6.07) is 6.58. The lowest BCUT2D eigenvalue weighted by molar-refractivity contribution is -0.137. The molecule has 1 unspecified atom stereocenters. The Bertz CT molecular complexity index is 1270. The summed E-state index contributed by atoms with van der Waals surface area (Å²) >= 11 is 3.16. The second-order valence-corrected chi connectivity index (χ2v) is 12.1. The fourth-order valence-electron chi connectivity index (χ4n) is 4.89. The highest BCUT2D eigenvalue weighted by atomic mass is 32.2. The Labute approximate surface area is 211 Å². The second-order valence-electron chi connectivity index (χ2n) is 9.77. The lowest BCUT2D eigenvalue weighted by Gasteiger charge is -2.39. The minimum Gasteiger partial charge on any atom is -0.362 e. The second kappa shape index (κ2) is 9.17. The van der Waals surface area contributed by atoms with Crippen LogP contribution in [0.25, 0.3) is 0 Å². The maximum Gasteiger partial charge on any atom is 0.416 e. The summed E-state index contributed by atoms with van der Waals surface area (Å²) in [6.07, 6.45) is -1.53. The van der Waals surface area contributed by atoms with E-state index in [-0.39, 0.29) is 16.9 Å². The van der Waals surface area contributed by atoms with Gasteiger partial charge >= 0.3 is 6.18 Å². The number of ketones is 1. The molecule has 1 aliphatic heterocycles. The number of amides is 1. The molecule has 2 heterocycles. The van der Waals surface area contributed by atoms with Gasteiger partial charge in [-0.25, -0.2) is 0 Å². The van der Waals surface area contributed by atoms with E-state index < -0.39 is 23.6 Å². The highest BCUT2D eigenvalue weighted by Gasteiger charge is 2.43. The van der Waals surface area contributed by atoms with Crippen molar-refractivity contribution in [2.75, 3.05) is 11.6 Å². The topological polar surface area (TPSA) is 58.2 Å². The number of anilines is 1. The first-order valence-corrected chi connectivity index (χ1v) is 13.2. The van der Waals surface area contributed by atoms with Gasteiger partial charge in [-0.15, -0.1) is 23.1 Å². The van der Waals surface area contributed by atoms with E-state index in [4.69, 9.17) is 0 Å². The van der Waals surface area contributed by atoms with Crippen molar-refractivity contribution in [3.8, 4) is 0 Å². The molecule has 0 saturated heterocycles. The number of thioether (sulfide) groups is 1. The van der Waals surface area contributed by atoms with Gasteiger partial charge < -0.3 is 10.6 Å². The molecule has 2 N–H and O–H groups in total. The summed E-state index contributed by atoms with van der Waals surface area (Å²) < 4.78 is 40.6. The minimum absolute atomic E-state index is 0.0125. The first kappa shape index (κ1) is 25.6. The van der Waals surface area contributed by atoms with Crippen molar-refractivity contribution in [3.63, 3.8) is 0 Å². The Kier molecular flexibility index (Phi) is 6.70. The molecular formula is C26H27F3N2O2S2. The van der Waals surface area contributed by atoms with Crippen LogP contribution in [0.1, 0.15) is 55.5 Å². The van der Waals surface area contributed by atoms with Crippen LogP contribution in [0.3, 0.4) is 0 Å². The molecule has 0 saturated carbocycles. The van der Waals surface area contributed by atoms with Crippen LogP contribution in [0.4, 0.5) is 18.9 Å². The van der Waals surface area contributed by atoms with Gasteiger partial charge in [0.15, 0.2) is 5.78 Å². The van der Waals surface area contributed by atoms with Crippen LogP contribution in [-0.2, 0) is 15.8 Å². The molecule has 9 heteroatoms. The standard InChI is InChI=1S/C26H27F3N2O2S2/c1-13-9-17(24(34-5)35-13)21-20(14(2)30-18-11-25(3,4)12-19(32)22(18)21)23(33)31-16-8-6-7-15(10-16)26(27,28)29/h6-10,21,30H,11-12H2,1-5H3,(H,31,33). The van der Waals surface area contributed by atoms with Crippen LogP contribution in [0.15, 0.2) is 57.1 Å². The van der Waals surface area contributed by atoms with Gasteiger partial charge in [0, 0.05) is 45.4 Å². The molecule has 186 valence electrons. The van der Waals surface area contributed by atoms with Gasteiger partial charge in [-0.1, -0.05) is 19.9 Å². The van der Waals surface area contributed by atoms with Crippen LogP contribution in [0, 0.1) is 12.3 Å². The number of carbonyl (C=O) groups is 2. The maximum atomic E-state index is 13.6. The van der Waals surface area contributed by atoms with E-state index in [1.807, 2.05) is 33.1 Å². The van der Waals surface area contributed by atoms with Gasteiger partial charge in [0.25, 0.3) is 5.91 Å². The maximum absolute atomic E-state index is 13.6. The number of alkyl halides is 3. The van der Waals surface area contributed by atoms with E-state index >= 15 is 0 Å². The van der Waals surface area contributed by atoms with E-state index in [0.29, 0.717) is 29.7 Å². The van der Waals surface area contributed by atoms with E-state index in [0.717, 1.165) is 32.5 Å². The summed E-state index contributed by atoms with van der Waals surface area (Å²) in [6.45, 7) is 7.85. The molecule has 1 atom stereocenters. The third-order valence-electron chi connectivity index (χ3n) is 6.28. The van der Waals surface area contributed by atoms with Gasteiger partial charge in [-0.05, 0) is 61.8 Å². The van der Waals surface area contributed by atoms with Gasteiger partial charge in [0.1, 0.15) is 0 Å². The summed E-state index contributed by atoms with van der Waals surface area (Å²) in [5.41, 5.74) is 2.23. The first-order chi connectivity index (χ1) is 16.3. The molecular weight excluding hydrogens is 493 g/mol. The third-order valence-corrected chi connectivity index (χ3v) is 8.49. The molecule has 1 aliphatic carbocycles. The number of thiophene rings is 1. The van der Waals surface area contributed by atoms with Gasteiger partial charge in [0.05, 0.1) is 9.77 Å². The molecule has 1 amide bonds. The fourth-order valence-corrected chi connectivity index (χ4v) is 6.81. The highest BCUT2D eigenvalue weighted by molar-refractivity contribution is 8.00. The Morgan fingerprint density at radius 3 is 2.57 bits per heavy atom. The van der Waals surface area contributed by atoms with Crippen molar-refractivity contribution >= 4 is 40.5 Å². The monoisotopic (exact) mass is 520 g/mol. The smallest absolute Gasteiger partial charge is 0.362 e. The molecule has 0 radical (unpaired) electrons. The summed E-state index contributed by atoms with van der Waals surface area (Å²) in [7, 11) is 0. The number of halogens is 3. The first-order valence-electron chi connectivity index (χ1n) is 11.2. The molecule has 2 aromatic rings. The SMILES string of the molecule is CSc1sc(C)cc1C1C(C(=O)Nc2cccc(C(F)(F)F)c2)=C(C)NC2=C1C(=O)CC(C)(C)C2. The number of dihydropyridines is 1. The molecule has 0 spiro atoms. The quantitative estimate of drug-likeness (QED) is 0.425. The number of carbonyl (C=O) groups excluding carboxylic acids is 2. The summed E-state index contributed by atoms with van der Waals surface area (Å²) in [4.78, 5) is 28.1. The zero-order valence-electron chi connectivity index (χ0n) is 20.1. The predicted molar refractivity (Wildman–Crippen MR) is 135 cm³/mol. The molecule has 0 fully saturated rings. The lowest BCUT2D eigenvalue weighted by atomic mass is 9.69. The zero-order chi connectivity index (χ0) is 25.7. The average Bonchev–Trinajstić information content (AvgIpc) is 3.11. The summed E-state index contributed by atoms with van der Waals surface area (Å²) in [5, 5.41) is 5.95. The highest BCUT2D eigenvalue weighted by Crippen LogP contribution is 2.50. The molecule has 1 aromatic carbocycles. The van der Waals surface area contributed by atoms with E-state index in [9.17, 15) is 22.8 Å². The van der Waals surface area contributed by atoms with Crippen molar-refractivity contribution in [3.05, 3.63) is 68.9 Å². The van der Waals surface area contributed by atoms with Crippen molar-refractivity contribution in [2.45, 2.75) is 56.8 Å². The molecule has 4 rings (SSSR count). The molecule has 0 bridgehead atoms. The Hall–Kier alpha value is -2.52. The normalized spacial score (nSPS) is 20.0. The van der Waals surface area contributed by atoms with Crippen molar-refractivity contribution in [2.24, 2.45) is 5.41 Å².